The Morgan fingerprint density at radius 2 is 2.12 bits per heavy atom. The van der Waals surface area contributed by atoms with Crippen LogP contribution in [0.2, 0.25) is 0 Å². The number of hydrogen-bond acceptors (Lipinski definition) is 3. The van der Waals surface area contributed by atoms with Gasteiger partial charge in [0, 0.05) is 25.2 Å². The second kappa shape index (κ2) is 5.63. The first kappa shape index (κ1) is 12.6. The minimum absolute atomic E-state index is 0.172. The van der Waals surface area contributed by atoms with Gasteiger partial charge < -0.3 is 15.8 Å². The Kier molecular flexibility index (Phi) is 4.15. The molecule has 1 aliphatic rings. The summed E-state index contributed by atoms with van der Waals surface area (Å²) in [6.45, 7) is 5.76. The largest absolute Gasteiger partial charge is 0.377 e. The summed E-state index contributed by atoms with van der Waals surface area (Å²) in [5.74, 6) is 0. The summed E-state index contributed by atoms with van der Waals surface area (Å²) in [6.07, 6.45) is 1.24. The Labute approximate surface area is 103 Å². The maximum Gasteiger partial charge on any atom is 0.0671 e. The molecule has 0 spiro atoms. The second-order valence-corrected chi connectivity index (χ2v) is 4.70. The highest BCUT2D eigenvalue weighted by Crippen LogP contribution is 2.36. The molecule has 3 N–H and O–H groups in total. The molecule has 3 heteroatoms. The number of fused-ring (bicyclic) bond motifs is 1. The third-order valence-electron chi connectivity index (χ3n) is 3.36. The molecule has 0 aromatic heterocycles. The van der Waals surface area contributed by atoms with Crippen molar-refractivity contribution >= 4 is 0 Å². The maximum absolute atomic E-state index is 6.13. The molecule has 0 radical (unpaired) electrons. The van der Waals surface area contributed by atoms with Crippen LogP contribution in [0.4, 0.5) is 0 Å². The molecule has 0 saturated heterocycles. The van der Waals surface area contributed by atoms with Crippen LogP contribution in [-0.2, 0) is 4.74 Å². The molecule has 3 nitrogen and oxygen atoms in total. The van der Waals surface area contributed by atoms with Gasteiger partial charge in [0.05, 0.1) is 6.10 Å². The molecule has 17 heavy (non-hydrogen) atoms. The van der Waals surface area contributed by atoms with Gasteiger partial charge in [0.25, 0.3) is 0 Å². The molecular weight excluding hydrogens is 212 g/mol. The minimum atomic E-state index is 0.172. The van der Waals surface area contributed by atoms with E-state index in [0.717, 1.165) is 19.6 Å². The third-order valence-corrected chi connectivity index (χ3v) is 3.36. The van der Waals surface area contributed by atoms with Gasteiger partial charge in [-0.25, -0.2) is 0 Å². The highest BCUT2D eigenvalue weighted by molar-refractivity contribution is 5.37. The van der Waals surface area contributed by atoms with Gasteiger partial charge in [-0.3, -0.25) is 0 Å². The van der Waals surface area contributed by atoms with Crippen molar-refractivity contribution in [2.45, 2.75) is 38.5 Å². The predicted molar refractivity (Wildman–Crippen MR) is 69.8 cm³/mol. The first-order valence-electron chi connectivity index (χ1n) is 6.41. The summed E-state index contributed by atoms with van der Waals surface area (Å²) in [6, 6.07) is 9.00. The Bertz CT molecular complexity index is 367. The lowest BCUT2D eigenvalue weighted by Gasteiger charge is -2.18. The van der Waals surface area contributed by atoms with Crippen molar-refractivity contribution in [3.05, 3.63) is 35.4 Å². The SMILES string of the molecule is CCOC(C)CNC1CC(N)c2ccccc21. The summed E-state index contributed by atoms with van der Waals surface area (Å²) >= 11 is 0. The third kappa shape index (κ3) is 2.86. The van der Waals surface area contributed by atoms with E-state index >= 15 is 0 Å². The molecule has 0 amide bonds. The summed E-state index contributed by atoms with van der Waals surface area (Å²) in [5.41, 5.74) is 8.77. The molecule has 1 aliphatic carbocycles. The van der Waals surface area contributed by atoms with E-state index < -0.39 is 0 Å². The quantitative estimate of drug-likeness (QED) is 0.820. The molecule has 0 fully saturated rings. The summed E-state index contributed by atoms with van der Waals surface area (Å²) < 4.78 is 5.52. The monoisotopic (exact) mass is 234 g/mol. The van der Waals surface area contributed by atoms with Crippen LogP contribution in [0.1, 0.15) is 43.5 Å². The van der Waals surface area contributed by atoms with Crippen LogP contribution in [0.5, 0.6) is 0 Å². The van der Waals surface area contributed by atoms with Crippen molar-refractivity contribution in [1.82, 2.24) is 5.32 Å². The van der Waals surface area contributed by atoms with Crippen LogP contribution in [0.15, 0.2) is 24.3 Å². The lowest BCUT2D eigenvalue weighted by atomic mass is 10.1. The maximum atomic E-state index is 6.13. The van der Waals surface area contributed by atoms with Crippen LogP contribution in [-0.4, -0.2) is 19.3 Å². The zero-order chi connectivity index (χ0) is 12.3. The molecular formula is C14H22N2O. The van der Waals surface area contributed by atoms with Crippen LogP contribution in [0.25, 0.3) is 0 Å². The van der Waals surface area contributed by atoms with Gasteiger partial charge in [-0.15, -0.1) is 0 Å². The highest BCUT2D eigenvalue weighted by Gasteiger charge is 2.27. The Morgan fingerprint density at radius 1 is 1.41 bits per heavy atom. The standard InChI is InChI=1S/C14H22N2O/c1-3-17-10(2)9-16-14-8-13(15)11-6-4-5-7-12(11)14/h4-7,10,13-14,16H,3,8-9,15H2,1-2H3. The van der Waals surface area contributed by atoms with Crippen molar-refractivity contribution in [3.63, 3.8) is 0 Å². The fraction of sp³-hybridized carbons (Fsp3) is 0.571. The minimum Gasteiger partial charge on any atom is -0.377 e. The molecule has 3 atom stereocenters. The molecule has 0 heterocycles. The smallest absolute Gasteiger partial charge is 0.0671 e. The van der Waals surface area contributed by atoms with Gasteiger partial charge in [-0.05, 0) is 31.4 Å². The van der Waals surface area contributed by atoms with Crippen LogP contribution >= 0.6 is 0 Å². The molecule has 0 bridgehead atoms. The first-order chi connectivity index (χ1) is 8.22. The lowest BCUT2D eigenvalue weighted by Crippen LogP contribution is -2.29. The van der Waals surface area contributed by atoms with Crippen LogP contribution in [0, 0.1) is 0 Å². The Hall–Kier alpha value is -0.900. The molecule has 0 saturated carbocycles. The van der Waals surface area contributed by atoms with Gasteiger partial charge in [-0.2, -0.15) is 0 Å². The van der Waals surface area contributed by atoms with E-state index in [1.165, 1.54) is 11.1 Å². The summed E-state index contributed by atoms with van der Waals surface area (Å²) in [5, 5.41) is 3.55. The number of hydrogen-bond donors (Lipinski definition) is 2. The van der Waals surface area contributed by atoms with Gasteiger partial charge in [-0.1, -0.05) is 24.3 Å². The van der Waals surface area contributed by atoms with Crippen molar-refractivity contribution < 1.29 is 4.74 Å². The normalized spacial score (nSPS) is 24.6. The molecule has 1 aromatic carbocycles. The average Bonchev–Trinajstić information content (AvgIpc) is 2.65. The van der Waals surface area contributed by atoms with E-state index in [0.29, 0.717) is 6.04 Å². The second-order valence-electron chi connectivity index (χ2n) is 4.70. The van der Waals surface area contributed by atoms with Gasteiger partial charge in [0.1, 0.15) is 0 Å². The van der Waals surface area contributed by atoms with E-state index in [2.05, 4.69) is 36.5 Å². The van der Waals surface area contributed by atoms with Crippen molar-refractivity contribution in [2.75, 3.05) is 13.2 Å². The molecule has 2 rings (SSSR count). The van der Waals surface area contributed by atoms with E-state index in [9.17, 15) is 0 Å². The van der Waals surface area contributed by atoms with Crippen molar-refractivity contribution in [3.8, 4) is 0 Å². The fourth-order valence-corrected chi connectivity index (χ4v) is 2.52. The molecule has 1 aromatic rings. The number of nitrogens with one attached hydrogen (secondary N) is 1. The topological polar surface area (TPSA) is 47.3 Å². The van der Waals surface area contributed by atoms with E-state index in [1.807, 2.05) is 6.92 Å². The van der Waals surface area contributed by atoms with Gasteiger partial charge in [0.15, 0.2) is 0 Å². The number of benzene rings is 1. The van der Waals surface area contributed by atoms with E-state index in [-0.39, 0.29) is 12.1 Å². The molecule has 3 unspecified atom stereocenters. The van der Waals surface area contributed by atoms with Crippen LogP contribution < -0.4 is 11.1 Å². The summed E-state index contributed by atoms with van der Waals surface area (Å²) in [4.78, 5) is 0. The van der Waals surface area contributed by atoms with Crippen LogP contribution in [0.3, 0.4) is 0 Å². The van der Waals surface area contributed by atoms with Gasteiger partial charge >= 0.3 is 0 Å². The molecule has 94 valence electrons. The zero-order valence-corrected chi connectivity index (χ0v) is 10.6. The van der Waals surface area contributed by atoms with Crippen molar-refractivity contribution in [1.29, 1.82) is 0 Å². The summed E-state index contributed by atoms with van der Waals surface area (Å²) in [7, 11) is 0. The fourth-order valence-electron chi connectivity index (χ4n) is 2.52. The van der Waals surface area contributed by atoms with E-state index in [1.54, 1.807) is 0 Å². The lowest BCUT2D eigenvalue weighted by molar-refractivity contribution is 0.0738. The predicted octanol–water partition coefficient (Wildman–Crippen LogP) is 2.15. The van der Waals surface area contributed by atoms with Crippen molar-refractivity contribution in [2.24, 2.45) is 5.73 Å². The highest BCUT2D eigenvalue weighted by atomic mass is 16.5. The number of ether oxygens (including phenoxy) is 1. The Morgan fingerprint density at radius 3 is 2.82 bits per heavy atom. The number of rotatable bonds is 5. The Balaban J connectivity index is 1.96. The number of nitrogens with two attached hydrogens (primary N) is 1. The molecule has 0 aliphatic heterocycles. The zero-order valence-electron chi connectivity index (χ0n) is 10.6. The average molecular weight is 234 g/mol. The van der Waals surface area contributed by atoms with Gasteiger partial charge in [0.2, 0.25) is 0 Å². The first-order valence-corrected chi connectivity index (χ1v) is 6.41. The van der Waals surface area contributed by atoms with E-state index in [4.69, 9.17) is 10.5 Å².